The van der Waals surface area contributed by atoms with Crippen LogP contribution in [0.15, 0.2) is 0 Å². The van der Waals surface area contributed by atoms with Gasteiger partial charge in [-0.2, -0.15) is 0 Å². The summed E-state index contributed by atoms with van der Waals surface area (Å²) in [6.07, 6.45) is 12.9. The Morgan fingerprint density at radius 3 is 1.89 bits per heavy atom. The van der Waals surface area contributed by atoms with Crippen LogP contribution in [0.2, 0.25) is 0 Å². The maximum Gasteiger partial charge on any atom is 0.0606 e. The standard InChI is InChI=1S/C24H48N2O/c1-23(2,3)26-19-21(20-26)13-11-9-7-8-10-12-16-25-17-14-22(15-18-25)27-24(4,5)6/h21-22H,7-20H2,1-6H3. The molecule has 0 atom stereocenters. The van der Waals surface area contributed by atoms with Gasteiger partial charge in [0.15, 0.2) is 0 Å². The Morgan fingerprint density at radius 1 is 0.778 bits per heavy atom. The van der Waals surface area contributed by atoms with E-state index in [2.05, 4.69) is 51.3 Å². The average molecular weight is 381 g/mol. The van der Waals surface area contributed by atoms with E-state index in [1.54, 1.807) is 0 Å². The molecule has 160 valence electrons. The van der Waals surface area contributed by atoms with E-state index in [4.69, 9.17) is 4.74 Å². The van der Waals surface area contributed by atoms with Gasteiger partial charge in [0, 0.05) is 31.7 Å². The summed E-state index contributed by atoms with van der Waals surface area (Å²) in [6, 6.07) is 0. The molecule has 2 rings (SSSR count). The van der Waals surface area contributed by atoms with Crippen LogP contribution in [0.5, 0.6) is 0 Å². The molecule has 2 aliphatic rings. The van der Waals surface area contributed by atoms with Gasteiger partial charge in [-0.15, -0.1) is 0 Å². The average Bonchev–Trinajstić information content (AvgIpc) is 2.50. The number of likely N-dealkylation sites (tertiary alicyclic amines) is 2. The molecular formula is C24H48N2O. The molecule has 0 aromatic heterocycles. The molecule has 2 heterocycles. The van der Waals surface area contributed by atoms with Crippen LogP contribution in [0.3, 0.4) is 0 Å². The van der Waals surface area contributed by atoms with Crippen molar-refractivity contribution in [1.82, 2.24) is 9.80 Å². The summed E-state index contributed by atoms with van der Waals surface area (Å²) >= 11 is 0. The van der Waals surface area contributed by atoms with E-state index in [1.807, 2.05) is 0 Å². The molecule has 0 radical (unpaired) electrons. The number of rotatable bonds is 10. The van der Waals surface area contributed by atoms with Gasteiger partial charge in [-0.1, -0.05) is 32.1 Å². The van der Waals surface area contributed by atoms with Crippen molar-refractivity contribution in [3.8, 4) is 0 Å². The predicted molar refractivity (Wildman–Crippen MR) is 117 cm³/mol. The van der Waals surface area contributed by atoms with E-state index in [-0.39, 0.29) is 5.60 Å². The molecule has 3 heteroatoms. The lowest BCUT2D eigenvalue weighted by molar-refractivity contribution is -0.0820. The summed E-state index contributed by atoms with van der Waals surface area (Å²) in [5.41, 5.74) is 0.392. The topological polar surface area (TPSA) is 15.7 Å². The lowest BCUT2D eigenvalue weighted by atomic mass is 9.88. The molecule has 0 spiro atoms. The number of ether oxygens (including phenoxy) is 1. The minimum absolute atomic E-state index is 0.0114. The lowest BCUT2D eigenvalue weighted by Gasteiger charge is -2.48. The summed E-state index contributed by atoms with van der Waals surface area (Å²) in [7, 11) is 0. The van der Waals surface area contributed by atoms with Gasteiger partial charge >= 0.3 is 0 Å². The van der Waals surface area contributed by atoms with Crippen molar-refractivity contribution in [3.05, 3.63) is 0 Å². The monoisotopic (exact) mass is 380 g/mol. The van der Waals surface area contributed by atoms with Crippen LogP contribution in [-0.2, 0) is 4.74 Å². The van der Waals surface area contributed by atoms with Crippen LogP contribution < -0.4 is 0 Å². The van der Waals surface area contributed by atoms with E-state index in [9.17, 15) is 0 Å². The zero-order chi connectivity index (χ0) is 19.9. The van der Waals surface area contributed by atoms with Crippen molar-refractivity contribution in [2.75, 3.05) is 32.7 Å². The maximum absolute atomic E-state index is 6.13. The van der Waals surface area contributed by atoms with Crippen molar-refractivity contribution < 1.29 is 4.74 Å². The molecule has 0 aromatic carbocycles. The van der Waals surface area contributed by atoms with Crippen molar-refractivity contribution in [2.45, 2.75) is 117 Å². The molecule has 27 heavy (non-hydrogen) atoms. The zero-order valence-electron chi connectivity index (χ0n) is 19.4. The fourth-order valence-corrected chi connectivity index (χ4v) is 4.53. The Kier molecular flexibility index (Phi) is 9.09. The fourth-order valence-electron chi connectivity index (χ4n) is 4.53. The molecule has 2 saturated heterocycles. The Labute approximate surface area is 170 Å². The first-order valence-corrected chi connectivity index (χ1v) is 11.8. The van der Waals surface area contributed by atoms with Crippen LogP contribution in [0.25, 0.3) is 0 Å². The minimum Gasteiger partial charge on any atom is -0.373 e. The molecule has 0 amide bonds. The van der Waals surface area contributed by atoms with Gasteiger partial charge in [-0.05, 0) is 79.7 Å². The van der Waals surface area contributed by atoms with Crippen molar-refractivity contribution in [1.29, 1.82) is 0 Å². The first kappa shape index (κ1) is 23.2. The van der Waals surface area contributed by atoms with E-state index in [0.717, 1.165) is 5.92 Å². The highest BCUT2D eigenvalue weighted by atomic mass is 16.5. The Balaban J connectivity index is 1.37. The van der Waals surface area contributed by atoms with Gasteiger partial charge in [0.2, 0.25) is 0 Å². The number of unbranched alkanes of at least 4 members (excludes halogenated alkanes) is 5. The van der Waals surface area contributed by atoms with Crippen molar-refractivity contribution in [3.63, 3.8) is 0 Å². The largest absolute Gasteiger partial charge is 0.373 e. The van der Waals surface area contributed by atoms with Gasteiger partial charge in [0.05, 0.1) is 11.7 Å². The fraction of sp³-hybridized carbons (Fsp3) is 1.00. The highest BCUT2D eigenvalue weighted by Crippen LogP contribution is 2.28. The molecule has 0 unspecified atom stereocenters. The van der Waals surface area contributed by atoms with Gasteiger partial charge in [-0.3, -0.25) is 4.90 Å². The summed E-state index contributed by atoms with van der Waals surface area (Å²) in [5, 5.41) is 0. The second-order valence-corrected chi connectivity index (χ2v) is 11.1. The van der Waals surface area contributed by atoms with E-state index in [1.165, 1.54) is 90.5 Å². The minimum atomic E-state index is 0.0114. The Hall–Kier alpha value is -0.120. The van der Waals surface area contributed by atoms with Crippen LogP contribution in [-0.4, -0.2) is 59.8 Å². The second kappa shape index (κ2) is 10.6. The number of piperidine rings is 1. The summed E-state index contributed by atoms with van der Waals surface area (Å²) in [5.74, 6) is 0.981. The van der Waals surface area contributed by atoms with Crippen LogP contribution in [0.1, 0.15) is 99.3 Å². The predicted octanol–water partition coefficient (Wildman–Crippen LogP) is 5.73. The molecule has 0 bridgehead atoms. The molecule has 0 aromatic rings. The number of hydrogen-bond acceptors (Lipinski definition) is 3. The number of nitrogens with zero attached hydrogens (tertiary/aromatic N) is 2. The highest BCUT2D eigenvalue weighted by molar-refractivity contribution is 4.88. The maximum atomic E-state index is 6.13. The lowest BCUT2D eigenvalue weighted by Crippen LogP contribution is -2.55. The van der Waals surface area contributed by atoms with Crippen LogP contribution >= 0.6 is 0 Å². The first-order valence-electron chi connectivity index (χ1n) is 11.8. The molecule has 0 saturated carbocycles. The van der Waals surface area contributed by atoms with E-state index in [0.29, 0.717) is 11.6 Å². The first-order chi connectivity index (χ1) is 12.6. The zero-order valence-corrected chi connectivity index (χ0v) is 19.4. The quantitative estimate of drug-likeness (QED) is 0.450. The van der Waals surface area contributed by atoms with E-state index < -0.39 is 0 Å². The van der Waals surface area contributed by atoms with Gasteiger partial charge in [0.1, 0.15) is 0 Å². The number of hydrogen-bond donors (Lipinski definition) is 0. The van der Waals surface area contributed by atoms with E-state index >= 15 is 0 Å². The van der Waals surface area contributed by atoms with Crippen molar-refractivity contribution in [2.24, 2.45) is 5.92 Å². The van der Waals surface area contributed by atoms with Gasteiger partial charge in [0.25, 0.3) is 0 Å². The van der Waals surface area contributed by atoms with Crippen molar-refractivity contribution >= 4 is 0 Å². The summed E-state index contributed by atoms with van der Waals surface area (Å²) in [4.78, 5) is 5.27. The molecule has 3 nitrogen and oxygen atoms in total. The second-order valence-electron chi connectivity index (χ2n) is 11.1. The van der Waals surface area contributed by atoms with Gasteiger partial charge < -0.3 is 9.64 Å². The van der Waals surface area contributed by atoms with Crippen LogP contribution in [0, 0.1) is 5.92 Å². The molecule has 0 aliphatic carbocycles. The molecular weight excluding hydrogens is 332 g/mol. The third-order valence-corrected chi connectivity index (χ3v) is 6.30. The molecule has 2 fully saturated rings. The summed E-state index contributed by atoms with van der Waals surface area (Å²) in [6.45, 7) is 20.0. The SMILES string of the molecule is CC(C)(C)OC1CCN(CCCCCCCCC2CN(C(C)(C)C)C2)CC1. The Morgan fingerprint density at radius 2 is 1.33 bits per heavy atom. The Bertz CT molecular complexity index is 396. The normalized spacial score (nSPS) is 21.6. The molecule has 2 aliphatic heterocycles. The highest BCUT2D eigenvalue weighted by Gasteiger charge is 2.33. The molecule has 0 N–H and O–H groups in total. The third-order valence-electron chi connectivity index (χ3n) is 6.30. The van der Waals surface area contributed by atoms with Crippen LogP contribution in [0.4, 0.5) is 0 Å². The third kappa shape index (κ3) is 9.28. The smallest absolute Gasteiger partial charge is 0.0606 e. The van der Waals surface area contributed by atoms with Gasteiger partial charge in [-0.25, -0.2) is 0 Å². The summed E-state index contributed by atoms with van der Waals surface area (Å²) < 4.78 is 6.13.